The minimum absolute atomic E-state index is 0.210. The second kappa shape index (κ2) is 6.99. The van der Waals surface area contributed by atoms with E-state index in [0.29, 0.717) is 19.4 Å². The van der Waals surface area contributed by atoms with E-state index in [4.69, 9.17) is 5.73 Å². The summed E-state index contributed by atoms with van der Waals surface area (Å²) in [4.78, 5) is 1.05. The predicted octanol–water partition coefficient (Wildman–Crippen LogP) is 2.80. The predicted molar refractivity (Wildman–Crippen MR) is 70.7 cm³/mol. The lowest BCUT2D eigenvalue weighted by Crippen LogP contribution is -2.36. The maximum Gasteiger partial charge on any atom is 0.123 e. The SMILES string of the molecule is CCC(O)(CN)CCCSc1ccc(F)cc1. The van der Waals surface area contributed by atoms with Crippen LogP contribution in [0.15, 0.2) is 29.2 Å². The van der Waals surface area contributed by atoms with Gasteiger partial charge in [-0.2, -0.15) is 0 Å². The monoisotopic (exact) mass is 257 g/mol. The molecule has 3 N–H and O–H groups in total. The van der Waals surface area contributed by atoms with Gasteiger partial charge in [0.05, 0.1) is 5.60 Å². The van der Waals surface area contributed by atoms with Crippen molar-refractivity contribution in [2.75, 3.05) is 12.3 Å². The van der Waals surface area contributed by atoms with Crippen LogP contribution in [0.4, 0.5) is 4.39 Å². The molecular weight excluding hydrogens is 237 g/mol. The molecule has 1 aromatic rings. The van der Waals surface area contributed by atoms with E-state index in [1.807, 2.05) is 6.92 Å². The molecule has 2 nitrogen and oxygen atoms in total. The summed E-state index contributed by atoms with van der Waals surface area (Å²) in [5.74, 6) is 0.700. The van der Waals surface area contributed by atoms with Crippen LogP contribution in [0.1, 0.15) is 26.2 Å². The van der Waals surface area contributed by atoms with E-state index in [2.05, 4.69) is 0 Å². The molecule has 0 saturated carbocycles. The highest BCUT2D eigenvalue weighted by molar-refractivity contribution is 7.99. The number of thioether (sulfide) groups is 1. The minimum atomic E-state index is -0.719. The molecule has 0 radical (unpaired) electrons. The molecule has 1 rings (SSSR count). The highest BCUT2D eigenvalue weighted by Crippen LogP contribution is 2.22. The van der Waals surface area contributed by atoms with Crippen LogP contribution in [0, 0.1) is 5.82 Å². The van der Waals surface area contributed by atoms with Gasteiger partial charge in [-0.15, -0.1) is 11.8 Å². The van der Waals surface area contributed by atoms with Gasteiger partial charge in [0.1, 0.15) is 5.82 Å². The molecule has 0 amide bonds. The summed E-state index contributed by atoms with van der Waals surface area (Å²) in [5.41, 5.74) is 4.81. The zero-order valence-electron chi connectivity index (χ0n) is 10.2. The number of hydrogen-bond donors (Lipinski definition) is 2. The molecule has 0 bridgehead atoms. The Bertz CT molecular complexity index is 325. The molecule has 96 valence electrons. The summed E-state index contributed by atoms with van der Waals surface area (Å²) >= 11 is 1.67. The molecule has 1 aromatic carbocycles. The zero-order chi connectivity index (χ0) is 12.7. The summed E-state index contributed by atoms with van der Waals surface area (Å²) in [6.45, 7) is 2.25. The molecule has 4 heteroatoms. The Morgan fingerprint density at radius 1 is 1.35 bits per heavy atom. The molecule has 0 saturated heterocycles. The number of aliphatic hydroxyl groups is 1. The maximum atomic E-state index is 12.7. The van der Waals surface area contributed by atoms with Crippen molar-refractivity contribution in [3.05, 3.63) is 30.1 Å². The Morgan fingerprint density at radius 2 is 2.00 bits per heavy atom. The first-order valence-corrected chi connectivity index (χ1v) is 6.89. The van der Waals surface area contributed by atoms with Crippen molar-refractivity contribution in [3.8, 4) is 0 Å². The van der Waals surface area contributed by atoms with Gasteiger partial charge in [0.2, 0.25) is 0 Å². The summed E-state index contributed by atoms with van der Waals surface area (Å²) in [5, 5.41) is 9.98. The fourth-order valence-electron chi connectivity index (χ4n) is 1.55. The van der Waals surface area contributed by atoms with Crippen molar-refractivity contribution >= 4 is 11.8 Å². The van der Waals surface area contributed by atoms with Crippen LogP contribution in [-0.4, -0.2) is 23.0 Å². The second-order valence-electron chi connectivity index (χ2n) is 4.19. The van der Waals surface area contributed by atoms with E-state index in [1.165, 1.54) is 12.1 Å². The summed E-state index contributed by atoms with van der Waals surface area (Å²) in [6.07, 6.45) is 2.31. The maximum absolute atomic E-state index is 12.7. The van der Waals surface area contributed by atoms with E-state index >= 15 is 0 Å². The largest absolute Gasteiger partial charge is 0.389 e. The fraction of sp³-hybridized carbons (Fsp3) is 0.538. The van der Waals surface area contributed by atoms with Gasteiger partial charge in [0.15, 0.2) is 0 Å². The first-order valence-electron chi connectivity index (χ1n) is 5.90. The Kier molecular flexibility index (Phi) is 5.95. The molecule has 0 aliphatic heterocycles. The first-order chi connectivity index (χ1) is 8.09. The average molecular weight is 257 g/mol. The standard InChI is InChI=1S/C13H20FNOS/c1-2-13(16,10-15)8-3-9-17-12-6-4-11(14)5-7-12/h4-7,16H,2-3,8-10,15H2,1H3. The van der Waals surface area contributed by atoms with Crippen molar-refractivity contribution in [2.45, 2.75) is 36.7 Å². The van der Waals surface area contributed by atoms with Gasteiger partial charge in [-0.05, 0) is 49.3 Å². The zero-order valence-corrected chi connectivity index (χ0v) is 11.0. The highest BCUT2D eigenvalue weighted by Gasteiger charge is 2.21. The van der Waals surface area contributed by atoms with Gasteiger partial charge in [0.25, 0.3) is 0 Å². The normalized spacial score (nSPS) is 14.6. The smallest absolute Gasteiger partial charge is 0.123 e. The molecule has 0 aromatic heterocycles. The van der Waals surface area contributed by atoms with Crippen LogP contribution in [-0.2, 0) is 0 Å². The van der Waals surface area contributed by atoms with Gasteiger partial charge < -0.3 is 10.8 Å². The second-order valence-corrected chi connectivity index (χ2v) is 5.36. The van der Waals surface area contributed by atoms with Crippen molar-refractivity contribution in [3.63, 3.8) is 0 Å². The summed E-state index contributed by atoms with van der Waals surface area (Å²) in [6, 6.07) is 6.47. The van der Waals surface area contributed by atoms with Gasteiger partial charge >= 0.3 is 0 Å². The lowest BCUT2D eigenvalue weighted by molar-refractivity contribution is 0.0360. The van der Waals surface area contributed by atoms with Crippen LogP contribution in [0.5, 0.6) is 0 Å². The Balaban J connectivity index is 2.26. The molecule has 0 fully saturated rings. The first kappa shape index (κ1) is 14.5. The van der Waals surface area contributed by atoms with E-state index in [-0.39, 0.29) is 5.82 Å². The van der Waals surface area contributed by atoms with Crippen molar-refractivity contribution < 1.29 is 9.50 Å². The van der Waals surface area contributed by atoms with Crippen molar-refractivity contribution in [1.82, 2.24) is 0 Å². The molecule has 0 spiro atoms. The number of benzene rings is 1. The highest BCUT2D eigenvalue weighted by atomic mass is 32.2. The van der Waals surface area contributed by atoms with Gasteiger partial charge in [0, 0.05) is 11.4 Å². The van der Waals surface area contributed by atoms with E-state index < -0.39 is 5.60 Å². The van der Waals surface area contributed by atoms with Gasteiger partial charge in [-0.3, -0.25) is 0 Å². The van der Waals surface area contributed by atoms with Crippen molar-refractivity contribution in [2.24, 2.45) is 5.73 Å². The Morgan fingerprint density at radius 3 is 2.53 bits per heavy atom. The third-order valence-electron chi connectivity index (χ3n) is 2.91. The molecule has 0 aliphatic carbocycles. The molecular formula is C13H20FNOS. The van der Waals surface area contributed by atoms with Crippen LogP contribution in [0.3, 0.4) is 0 Å². The van der Waals surface area contributed by atoms with Gasteiger partial charge in [-0.25, -0.2) is 4.39 Å². The topological polar surface area (TPSA) is 46.2 Å². The number of halogens is 1. The summed E-state index contributed by atoms with van der Waals surface area (Å²) < 4.78 is 12.7. The van der Waals surface area contributed by atoms with Gasteiger partial charge in [-0.1, -0.05) is 6.92 Å². The van der Waals surface area contributed by atoms with Crippen molar-refractivity contribution in [1.29, 1.82) is 0 Å². The molecule has 17 heavy (non-hydrogen) atoms. The Labute approximate surface area is 106 Å². The van der Waals surface area contributed by atoms with E-state index in [9.17, 15) is 9.50 Å². The quantitative estimate of drug-likeness (QED) is 0.583. The van der Waals surface area contributed by atoms with Crippen LogP contribution in [0.25, 0.3) is 0 Å². The molecule has 1 atom stereocenters. The number of hydrogen-bond acceptors (Lipinski definition) is 3. The van der Waals surface area contributed by atoms with E-state index in [0.717, 1.165) is 17.1 Å². The van der Waals surface area contributed by atoms with Crippen LogP contribution in [0.2, 0.25) is 0 Å². The minimum Gasteiger partial charge on any atom is -0.389 e. The molecule has 0 heterocycles. The fourth-order valence-corrected chi connectivity index (χ4v) is 2.40. The molecule has 1 unspecified atom stereocenters. The van der Waals surface area contributed by atoms with Crippen LogP contribution < -0.4 is 5.73 Å². The lowest BCUT2D eigenvalue weighted by atomic mass is 9.95. The lowest BCUT2D eigenvalue weighted by Gasteiger charge is -2.24. The van der Waals surface area contributed by atoms with E-state index in [1.54, 1.807) is 23.9 Å². The number of nitrogens with two attached hydrogens (primary N) is 1. The number of rotatable bonds is 7. The molecule has 0 aliphatic rings. The average Bonchev–Trinajstić information content (AvgIpc) is 2.36. The third-order valence-corrected chi connectivity index (χ3v) is 4.01. The Hall–Kier alpha value is -0.580. The summed E-state index contributed by atoms with van der Waals surface area (Å²) in [7, 11) is 0. The van der Waals surface area contributed by atoms with Crippen LogP contribution >= 0.6 is 11.8 Å². The third kappa shape index (κ3) is 5.06.